The third kappa shape index (κ3) is 1.26. The number of hydrogen-bond donors (Lipinski definition) is 2. The van der Waals surface area contributed by atoms with Crippen LogP contribution in [0, 0.1) is 0 Å². The average Bonchev–Trinajstić information content (AvgIpc) is 2.34. The number of aliphatic hydroxyl groups is 2. The minimum Gasteiger partial charge on any atom is -0.399 e. The zero-order valence-corrected chi connectivity index (χ0v) is 4.98. The fraction of sp³-hybridized carbons (Fsp3) is 0.400. The van der Waals surface area contributed by atoms with E-state index in [4.69, 9.17) is 10.2 Å². The molecule has 1 heterocycles. The minimum absolute atomic E-state index is 0.0625. The van der Waals surface area contributed by atoms with Gasteiger partial charge in [0.25, 0.3) is 0 Å². The summed E-state index contributed by atoms with van der Waals surface area (Å²) in [7, 11) is 0. The summed E-state index contributed by atoms with van der Waals surface area (Å²) in [6, 6.07) is 0. The van der Waals surface area contributed by atoms with Gasteiger partial charge in [-0.25, -0.2) is 4.79 Å². The van der Waals surface area contributed by atoms with Gasteiger partial charge in [-0.05, 0) is 0 Å². The molecule has 0 bridgehead atoms. The highest BCUT2D eigenvalue weighted by Gasteiger charge is 2.10. The van der Waals surface area contributed by atoms with Gasteiger partial charge >= 0.3 is 5.82 Å². The Bertz CT molecular complexity index is 247. The van der Waals surface area contributed by atoms with E-state index in [1.165, 1.54) is 0 Å². The lowest BCUT2D eigenvalue weighted by atomic mass is 10.3. The van der Waals surface area contributed by atoms with Gasteiger partial charge in [-0.2, -0.15) is 0 Å². The number of hydrogen-bond acceptors (Lipinski definition) is 5. The maximum absolute atomic E-state index is 10.2. The predicted molar refractivity (Wildman–Crippen MR) is 29.3 cm³/mol. The Hall–Kier alpha value is -1.07. The van der Waals surface area contributed by atoms with Crippen molar-refractivity contribution in [1.29, 1.82) is 0 Å². The molecule has 5 nitrogen and oxygen atoms in total. The van der Waals surface area contributed by atoms with Crippen LogP contribution < -0.4 is 5.82 Å². The second kappa shape index (κ2) is 2.68. The van der Waals surface area contributed by atoms with Crippen LogP contribution in [0.1, 0.15) is 11.9 Å². The fourth-order valence-corrected chi connectivity index (χ4v) is 0.487. The van der Waals surface area contributed by atoms with E-state index in [0.29, 0.717) is 0 Å². The van der Waals surface area contributed by atoms with Crippen LogP contribution in [0.15, 0.2) is 19.9 Å². The molecule has 1 rings (SSSR count). The van der Waals surface area contributed by atoms with Gasteiger partial charge in [0.1, 0.15) is 12.4 Å². The van der Waals surface area contributed by atoms with Crippen molar-refractivity contribution in [3.63, 3.8) is 0 Å². The molecule has 5 heteroatoms. The number of rotatable bonds is 2. The summed E-state index contributed by atoms with van der Waals surface area (Å²) in [6.45, 7) is -0.498. The topological polar surface area (TPSA) is 83.8 Å². The Morgan fingerprint density at radius 2 is 2.40 bits per heavy atom. The van der Waals surface area contributed by atoms with Crippen molar-refractivity contribution in [3.05, 3.63) is 22.6 Å². The molecule has 56 valence electrons. The Morgan fingerprint density at radius 3 is 2.80 bits per heavy atom. The molecular weight excluding hydrogens is 140 g/mol. The SMILES string of the molecule is O=c1occ(C(O)CO)o1. The summed E-state index contributed by atoms with van der Waals surface area (Å²) in [5, 5.41) is 17.1. The summed E-state index contributed by atoms with van der Waals surface area (Å²) in [5.74, 6) is -0.949. The molecule has 0 aromatic carbocycles. The van der Waals surface area contributed by atoms with Crippen molar-refractivity contribution in [2.45, 2.75) is 6.10 Å². The van der Waals surface area contributed by atoms with Gasteiger partial charge in [0.2, 0.25) is 0 Å². The van der Waals surface area contributed by atoms with Crippen molar-refractivity contribution in [2.75, 3.05) is 6.61 Å². The van der Waals surface area contributed by atoms with Gasteiger partial charge in [-0.15, -0.1) is 0 Å². The maximum Gasteiger partial charge on any atom is 0.518 e. The summed E-state index contributed by atoms with van der Waals surface area (Å²) in [6.07, 6.45) is -0.213. The Balaban J connectivity index is 2.84. The molecule has 1 atom stereocenters. The Labute approximate surface area is 55.5 Å². The van der Waals surface area contributed by atoms with Gasteiger partial charge < -0.3 is 19.0 Å². The summed E-state index contributed by atoms with van der Waals surface area (Å²) >= 11 is 0. The highest BCUT2D eigenvalue weighted by atomic mass is 16.6. The molecule has 10 heavy (non-hydrogen) atoms. The first-order valence-corrected chi connectivity index (χ1v) is 2.61. The zero-order chi connectivity index (χ0) is 7.56. The Kier molecular flexibility index (Phi) is 1.88. The third-order valence-corrected chi connectivity index (χ3v) is 0.974. The van der Waals surface area contributed by atoms with Crippen LogP contribution in [0.5, 0.6) is 0 Å². The van der Waals surface area contributed by atoms with Gasteiger partial charge in [-0.1, -0.05) is 0 Å². The first-order chi connectivity index (χ1) is 4.74. The van der Waals surface area contributed by atoms with Gasteiger partial charge in [0, 0.05) is 0 Å². The van der Waals surface area contributed by atoms with Crippen molar-refractivity contribution < 1.29 is 19.0 Å². The lowest BCUT2D eigenvalue weighted by molar-refractivity contribution is 0.0764. The van der Waals surface area contributed by atoms with Crippen molar-refractivity contribution in [2.24, 2.45) is 0 Å². The molecule has 0 saturated carbocycles. The van der Waals surface area contributed by atoms with E-state index in [-0.39, 0.29) is 5.76 Å². The normalized spacial score (nSPS) is 13.4. The van der Waals surface area contributed by atoms with Crippen LogP contribution in [0.2, 0.25) is 0 Å². The Morgan fingerprint density at radius 1 is 1.70 bits per heavy atom. The van der Waals surface area contributed by atoms with E-state index in [9.17, 15) is 4.79 Å². The lowest BCUT2D eigenvalue weighted by Crippen LogP contribution is -2.01. The summed E-state index contributed by atoms with van der Waals surface area (Å²) in [4.78, 5) is 10.2. The van der Waals surface area contributed by atoms with E-state index in [0.717, 1.165) is 6.26 Å². The van der Waals surface area contributed by atoms with Crippen LogP contribution in [0.3, 0.4) is 0 Å². The molecule has 0 fully saturated rings. The second-order valence-electron chi connectivity index (χ2n) is 1.69. The third-order valence-electron chi connectivity index (χ3n) is 0.974. The van der Waals surface area contributed by atoms with E-state index in [1.807, 2.05) is 0 Å². The van der Waals surface area contributed by atoms with E-state index < -0.39 is 18.5 Å². The lowest BCUT2D eigenvalue weighted by Gasteiger charge is -1.97. The monoisotopic (exact) mass is 146 g/mol. The van der Waals surface area contributed by atoms with Crippen molar-refractivity contribution in [1.82, 2.24) is 0 Å². The molecular formula is C5H6O5. The van der Waals surface area contributed by atoms with Crippen molar-refractivity contribution >= 4 is 0 Å². The molecule has 0 amide bonds. The molecule has 0 radical (unpaired) electrons. The smallest absolute Gasteiger partial charge is 0.399 e. The van der Waals surface area contributed by atoms with Gasteiger partial charge in [0.05, 0.1) is 6.61 Å². The number of aliphatic hydroxyl groups excluding tert-OH is 2. The molecule has 0 aliphatic carbocycles. The zero-order valence-electron chi connectivity index (χ0n) is 4.98. The molecule has 0 aliphatic heterocycles. The van der Waals surface area contributed by atoms with E-state index in [2.05, 4.69) is 8.83 Å². The predicted octanol–water partition coefficient (Wildman–Crippen LogP) is -0.742. The van der Waals surface area contributed by atoms with Crippen LogP contribution in [-0.4, -0.2) is 16.8 Å². The molecule has 2 N–H and O–H groups in total. The molecule has 0 spiro atoms. The van der Waals surface area contributed by atoms with Gasteiger partial charge in [-0.3, -0.25) is 0 Å². The van der Waals surface area contributed by atoms with Gasteiger partial charge in [0.15, 0.2) is 5.76 Å². The summed E-state index contributed by atoms with van der Waals surface area (Å²) in [5.41, 5.74) is 0. The maximum atomic E-state index is 10.2. The van der Waals surface area contributed by atoms with Crippen LogP contribution in [0.4, 0.5) is 0 Å². The molecule has 1 aromatic rings. The first-order valence-electron chi connectivity index (χ1n) is 2.61. The van der Waals surface area contributed by atoms with Crippen LogP contribution in [-0.2, 0) is 0 Å². The summed E-state index contributed by atoms with van der Waals surface area (Å²) < 4.78 is 8.50. The molecule has 0 saturated heterocycles. The molecule has 1 unspecified atom stereocenters. The van der Waals surface area contributed by atoms with Crippen LogP contribution >= 0.6 is 0 Å². The minimum atomic E-state index is -1.17. The van der Waals surface area contributed by atoms with E-state index in [1.54, 1.807) is 0 Å². The second-order valence-corrected chi connectivity index (χ2v) is 1.69. The highest BCUT2D eigenvalue weighted by Crippen LogP contribution is 2.08. The fourth-order valence-electron chi connectivity index (χ4n) is 0.487. The average molecular weight is 146 g/mol. The van der Waals surface area contributed by atoms with Crippen LogP contribution in [0.25, 0.3) is 0 Å². The molecule has 0 aliphatic rings. The standard InChI is InChI=1S/C5H6O5/c6-1-3(7)4-2-9-5(8)10-4/h2-3,6-7H,1H2. The first kappa shape index (κ1) is 7.04. The van der Waals surface area contributed by atoms with E-state index >= 15 is 0 Å². The quantitative estimate of drug-likeness (QED) is 0.574. The van der Waals surface area contributed by atoms with Crippen molar-refractivity contribution in [3.8, 4) is 0 Å². The molecule has 1 aromatic heterocycles. The largest absolute Gasteiger partial charge is 0.518 e. The highest BCUT2D eigenvalue weighted by molar-refractivity contribution is 4.90.